The molecule has 0 unspecified atom stereocenters. The number of nitrogens with zero attached hydrogens (tertiary/aromatic N) is 8. The van der Waals surface area contributed by atoms with Gasteiger partial charge in [0.1, 0.15) is 23.7 Å². The highest BCUT2D eigenvalue weighted by atomic mass is 16.5. The number of pyridine rings is 1. The van der Waals surface area contributed by atoms with Gasteiger partial charge in [-0.25, -0.2) is 4.98 Å². The zero-order chi connectivity index (χ0) is 29.9. The Morgan fingerprint density at radius 2 is 1.88 bits per heavy atom. The molecule has 7 rings (SSSR count). The van der Waals surface area contributed by atoms with E-state index >= 15 is 0 Å². The van der Waals surface area contributed by atoms with Crippen LogP contribution >= 0.6 is 0 Å². The third-order valence-electron chi connectivity index (χ3n) is 8.94. The van der Waals surface area contributed by atoms with Gasteiger partial charge >= 0.3 is 0 Å². The molecule has 10 heteroatoms. The van der Waals surface area contributed by atoms with Crippen LogP contribution in [0, 0.1) is 19.3 Å². The average Bonchev–Trinajstić information content (AvgIpc) is 3.61. The zero-order valence-corrected chi connectivity index (χ0v) is 25.7. The van der Waals surface area contributed by atoms with E-state index in [0.717, 1.165) is 45.8 Å². The van der Waals surface area contributed by atoms with E-state index in [1.165, 1.54) is 26.2 Å². The van der Waals surface area contributed by atoms with Crippen molar-refractivity contribution in [3.8, 4) is 5.75 Å². The fourth-order valence-corrected chi connectivity index (χ4v) is 7.25. The van der Waals surface area contributed by atoms with Crippen molar-refractivity contribution in [3.05, 3.63) is 77.1 Å². The molecule has 2 saturated heterocycles. The fraction of sp³-hybridized carbons (Fsp3) is 0.455. The number of ketones is 1. The number of fused-ring (bicyclic) bond motifs is 2. The third kappa shape index (κ3) is 5.12. The van der Waals surface area contributed by atoms with Crippen LogP contribution in [0.3, 0.4) is 0 Å². The van der Waals surface area contributed by atoms with E-state index in [1.807, 2.05) is 51.2 Å². The lowest BCUT2D eigenvalue weighted by molar-refractivity contribution is -0.106. The Morgan fingerprint density at radius 1 is 1.07 bits per heavy atom. The minimum Gasteiger partial charge on any atom is -0.492 e. The first kappa shape index (κ1) is 27.8. The number of carbonyl (C=O) groups excluding carboxylic acids is 1. The van der Waals surface area contributed by atoms with Gasteiger partial charge in [-0.05, 0) is 58.5 Å². The number of hydrogen-bond acceptors (Lipinski definition) is 7. The van der Waals surface area contributed by atoms with Gasteiger partial charge in [-0.1, -0.05) is 12.1 Å². The Hall–Kier alpha value is -4.02. The molecule has 0 N–H and O–H groups in total. The van der Waals surface area contributed by atoms with E-state index in [0.29, 0.717) is 35.9 Å². The summed E-state index contributed by atoms with van der Waals surface area (Å²) in [6.45, 7) is 15.3. The van der Waals surface area contributed by atoms with Gasteiger partial charge in [0.05, 0.1) is 29.6 Å². The molecule has 1 aromatic carbocycles. The van der Waals surface area contributed by atoms with E-state index in [1.54, 1.807) is 6.20 Å². The summed E-state index contributed by atoms with van der Waals surface area (Å²) in [5.74, 6) is 0.789. The predicted molar refractivity (Wildman–Crippen MR) is 166 cm³/mol. The fourth-order valence-electron chi connectivity index (χ4n) is 7.25. The summed E-state index contributed by atoms with van der Waals surface area (Å²) < 4.78 is 11.9. The van der Waals surface area contributed by atoms with E-state index < -0.39 is 0 Å². The number of aryl methyl sites for hydroxylation is 2. The van der Waals surface area contributed by atoms with E-state index in [-0.39, 0.29) is 12.2 Å². The number of Topliss-reactive ketones (excluding diaryl/α,β-unsaturated/α-hetero) is 1. The predicted octanol–water partition coefficient (Wildman–Crippen LogP) is 4.18. The SMILES string of the molecule is Cc1nn(Cc2cc(C)n(C(C)C)n2)c2cccc(CC(=O)c3cnc4cc(OCCN5CC6(CN(C)C6)C5)ccn34)c12. The second kappa shape index (κ2) is 10.6. The highest BCUT2D eigenvalue weighted by Crippen LogP contribution is 2.38. The minimum absolute atomic E-state index is 0.0143. The van der Waals surface area contributed by atoms with Gasteiger partial charge in [0, 0.05) is 73.9 Å². The molecular formula is C33H40N8O2. The molecule has 2 aliphatic rings. The summed E-state index contributed by atoms with van der Waals surface area (Å²) in [7, 11) is 2.19. The lowest BCUT2D eigenvalue weighted by Gasteiger charge is -2.59. The van der Waals surface area contributed by atoms with E-state index in [9.17, 15) is 4.79 Å². The van der Waals surface area contributed by atoms with Crippen LogP contribution in [0.25, 0.3) is 16.6 Å². The van der Waals surface area contributed by atoms with Crippen LogP contribution in [-0.4, -0.2) is 90.9 Å². The van der Waals surface area contributed by atoms with Crippen molar-refractivity contribution in [2.24, 2.45) is 5.41 Å². The molecule has 4 aromatic heterocycles. The van der Waals surface area contributed by atoms with Crippen molar-refractivity contribution < 1.29 is 9.53 Å². The van der Waals surface area contributed by atoms with Crippen LogP contribution in [0.5, 0.6) is 5.75 Å². The third-order valence-corrected chi connectivity index (χ3v) is 8.94. The summed E-state index contributed by atoms with van der Waals surface area (Å²) >= 11 is 0. The second-order valence-electron chi connectivity index (χ2n) is 12.9. The van der Waals surface area contributed by atoms with Gasteiger partial charge in [-0.3, -0.25) is 23.5 Å². The first-order valence-corrected chi connectivity index (χ1v) is 15.2. The normalized spacial score (nSPS) is 16.8. The molecule has 224 valence electrons. The molecular weight excluding hydrogens is 540 g/mol. The molecule has 2 aliphatic heterocycles. The smallest absolute Gasteiger partial charge is 0.185 e. The van der Waals surface area contributed by atoms with Crippen LogP contribution < -0.4 is 4.74 Å². The van der Waals surface area contributed by atoms with Crippen LogP contribution in [-0.2, 0) is 13.0 Å². The average molecular weight is 581 g/mol. The first-order chi connectivity index (χ1) is 20.7. The molecule has 0 radical (unpaired) electrons. The summed E-state index contributed by atoms with van der Waals surface area (Å²) in [5, 5.41) is 10.6. The van der Waals surface area contributed by atoms with Crippen molar-refractivity contribution in [1.82, 2.24) is 38.7 Å². The number of carbonyl (C=O) groups is 1. The maximum Gasteiger partial charge on any atom is 0.185 e. The molecule has 0 aliphatic carbocycles. The molecule has 0 atom stereocenters. The van der Waals surface area contributed by atoms with Crippen LogP contribution in [0.1, 0.15) is 53.0 Å². The molecule has 5 aromatic rings. The number of likely N-dealkylation sites (tertiary alicyclic amines) is 2. The van der Waals surface area contributed by atoms with Crippen molar-refractivity contribution >= 4 is 22.3 Å². The van der Waals surface area contributed by atoms with Crippen molar-refractivity contribution in [3.63, 3.8) is 0 Å². The van der Waals surface area contributed by atoms with Gasteiger partial charge in [-0.15, -0.1) is 0 Å². The second-order valence-corrected chi connectivity index (χ2v) is 12.9. The topological polar surface area (TPSA) is 85.7 Å². The van der Waals surface area contributed by atoms with Crippen molar-refractivity contribution in [1.29, 1.82) is 0 Å². The Labute approximate surface area is 251 Å². The lowest BCUT2D eigenvalue weighted by Crippen LogP contribution is -2.71. The lowest BCUT2D eigenvalue weighted by atomic mass is 9.73. The maximum absolute atomic E-state index is 13.6. The number of ether oxygens (including phenoxy) is 1. The summed E-state index contributed by atoms with van der Waals surface area (Å²) in [4.78, 5) is 23.0. The Kier molecular flexibility index (Phi) is 6.85. The number of rotatable bonds is 10. The van der Waals surface area contributed by atoms with Gasteiger partial charge in [-0.2, -0.15) is 10.2 Å². The molecule has 6 heterocycles. The van der Waals surface area contributed by atoms with Gasteiger partial charge < -0.3 is 9.64 Å². The standard InChI is InChI=1S/C33H40N8O2/c1-22(2)41-23(3)13-26(36-41)17-40-28-8-6-7-25(32(28)24(4)35-40)14-30(42)29-16-34-31-15-27(9-10-39(29)31)43-12-11-38-20-33(21-38)18-37(5)19-33/h6-10,13,15-16,22H,11-12,14,17-21H2,1-5H3. The summed E-state index contributed by atoms with van der Waals surface area (Å²) in [6, 6.07) is 12.3. The molecule has 1 spiro atoms. The molecule has 2 fully saturated rings. The summed E-state index contributed by atoms with van der Waals surface area (Å²) in [6.07, 6.45) is 3.82. The number of hydrogen-bond donors (Lipinski definition) is 0. The number of aromatic nitrogens is 6. The number of benzene rings is 1. The minimum atomic E-state index is 0.0143. The first-order valence-electron chi connectivity index (χ1n) is 15.2. The van der Waals surface area contributed by atoms with Gasteiger partial charge in [0.15, 0.2) is 5.78 Å². The molecule has 10 nitrogen and oxygen atoms in total. The Balaban J connectivity index is 1.03. The largest absolute Gasteiger partial charge is 0.492 e. The van der Waals surface area contributed by atoms with Crippen molar-refractivity contribution in [2.45, 2.75) is 46.7 Å². The quantitative estimate of drug-likeness (QED) is 0.229. The highest BCUT2D eigenvalue weighted by molar-refractivity contribution is 5.99. The Morgan fingerprint density at radius 3 is 2.63 bits per heavy atom. The molecule has 0 bridgehead atoms. The monoisotopic (exact) mass is 580 g/mol. The number of imidazole rings is 1. The van der Waals surface area contributed by atoms with Crippen LogP contribution in [0.15, 0.2) is 48.8 Å². The zero-order valence-electron chi connectivity index (χ0n) is 25.7. The van der Waals surface area contributed by atoms with Gasteiger partial charge in [0.2, 0.25) is 0 Å². The van der Waals surface area contributed by atoms with E-state index in [2.05, 4.69) is 54.7 Å². The Bertz CT molecular complexity index is 1820. The molecule has 43 heavy (non-hydrogen) atoms. The van der Waals surface area contributed by atoms with Crippen molar-refractivity contribution in [2.75, 3.05) is 46.4 Å². The van der Waals surface area contributed by atoms with Gasteiger partial charge in [0.25, 0.3) is 0 Å². The van der Waals surface area contributed by atoms with Crippen LogP contribution in [0.2, 0.25) is 0 Å². The molecule has 0 saturated carbocycles. The van der Waals surface area contributed by atoms with E-state index in [4.69, 9.17) is 14.9 Å². The van der Waals surface area contributed by atoms with Crippen LogP contribution in [0.4, 0.5) is 0 Å². The highest BCUT2D eigenvalue weighted by Gasteiger charge is 2.49. The summed E-state index contributed by atoms with van der Waals surface area (Å²) in [5.41, 5.74) is 6.80. The molecule has 0 amide bonds. The maximum atomic E-state index is 13.6.